The first-order valence-electron chi connectivity index (χ1n) is 10.3. The molecule has 0 heterocycles. The molecule has 0 unspecified atom stereocenters. The molecule has 0 fully saturated rings. The van der Waals surface area contributed by atoms with Crippen molar-refractivity contribution >= 4 is 40.5 Å². The van der Waals surface area contributed by atoms with Crippen molar-refractivity contribution in [2.75, 3.05) is 34.4 Å². The van der Waals surface area contributed by atoms with Crippen LogP contribution in [0.3, 0.4) is 0 Å². The number of para-hydroxylation sites is 1. The summed E-state index contributed by atoms with van der Waals surface area (Å²) in [7, 11) is 1.73. The molecule has 0 aliphatic carbocycles. The minimum atomic E-state index is -0.229. The van der Waals surface area contributed by atoms with E-state index in [1.54, 1.807) is 67.4 Å². The fourth-order valence-electron chi connectivity index (χ4n) is 3.00. The minimum Gasteiger partial charge on any atom is -0.376 e. The summed E-state index contributed by atoms with van der Waals surface area (Å²) in [5.41, 5.74) is 3.31. The van der Waals surface area contributed by atoms with E-state index >= 15 is 0 Å². The van der Waals surface area contributed by atoms with E-state index in [0.717, 1.165) is 11.4 Å². The summed E-state index contributed by atoms with van der Waals surface area (Å²) in [6.45, 7) is 1.83. The lowest BCUT2D eigenvalue weighted by Gasteiger charge is -2.17. The topological polar surface area (TPSA) is 90.5 Å². The molecule has 0 spiro atoms. The van der Waals surface area contributed by atoms with Gasteiger partial charge in [0.2, 0.25) is 11.8 Å². The lowest BCUT2D eigenvalue weighted by atomic mass is 10.1. The number of rotatable bonds is 8. The number of nitrogens with one attached hydrogen (secondary N) is 3. The highest BCUT2D eigenvalue weighted by atomic mass is 16.2. The molecular formula is C25H26N4O3. The molecule has 3 N–H and O–H groups in total. The largest absolute Gasteiger partial charge is 0.376 e. The van der Waals surface area contributed by atoms with Crippen LogP contribution in [0.25, 0.3) is 0 Å². The Bertz CT molecular complexity index is 1080. The molecule has 0 saturated heterocycles. The molecule has 0 bridgehead atoms. The first-order chi connectivity index (χ1) is 15.5. The van der Waals surface area contributed by atoms with Gasteiger partial charge in [-0.25, -0.2) is 0 Å². The van der Waals surface area contributed by atoms with Crippen LogP contribution in [0.15, 0.2) is 78.9 Å². The van der Waals surface area contributed by atoms with Crippen LogP contribution in [-0.4, -0.2) is 31.3 Å². The molecule has 32 heavy (non-hydrogen) atoms. The first-order valence-corrected chi connectivity index (χ1v) is 10.3. The highest BCUT2D eigenvalue weighted by Gasteiger charge is 2.13. The van der Waals surface area contributed by atoms with E-state index in [9.17, 15) is 14.4 Å². The normalized spacial score (nSPS) is 10.2. The van der Waals surface area contributed by atoms with Gasteiger partial charge in [0.25, 0.3) is 5.91 Å². The summed E-state index contributed by atoms with van der Waals surface area (Å²) in [5, 5.41) is 8.59. The Kier molecular flexibility index (Phi) is 7.59. The van der Waals surface area contributed by atoms with Gasteiger partial charge >= 0.3 is 0 Å². The molecule has 0 aliphatic heterocycles. The van der Waals surface area contributed by atoms with Gasteiger partial charge in [0.05, 0.1) is 6.54 Å². The van der Waals surface area contributed by atoms with E-state index in [2.05, 4.69) is 16.0 Å². The maximum absolute atomic E-state index is 12.7. The molecule has 7 nitrogen and oxygen atoms in total. The van der Waals surface area contributed by atoms with Crippen LogP contribution in [0.2, 0.25) is 0 Å². The zero-order valence-electron chi connectivity index (χ0n) is 18.1. The number of carbonyl (C=O) groups is 3. The third kappa shape index (κ3) is 6.18. The van der Waals surface area contributed by atoms with Crippen LogP contribution >= 0.6 is 0 Å². The van der Waals surface area contributed by atoms with Crippen molar-refractivity contribution in [3.8, 4) is 0 Å². The molecule has 0 atom stereocenters. The quantitative estimate of drug-likeness (QED) is 0.495. The Balaban J connectivity index is 1.53. The van der Waals surface area contributed by atoms with Crippen LogP contribution in [-0.2, 0) is 9.59 Å². The number of nitrogens with zero attached hydrogens (tertiary/aromatic N) is 1. The second kappa shape index (κ2) is 10.8. The highest BCUT2D eigenvalue weighted by Crippen LogP contribution is 2.17. The second-order valence-electron chi connectivity index (χ2n) is 7.16. The van der Waals surface area contributed by atoms with Crippen molar-refractivity contribution < 1.29 is 14.4 Å². The number of amides is 3. The molecule has 0 aliphatic rings. The summed E-state index contributed by atoms with van der Waals surface area (Å²) >= 11 is 0. The molecule has 0 aromatic heterocycles. The summed E-state index contributed by atoms with van der Waals surface area (Å²) in [6, 6.07) is 23.4. The van der Waals surface area contributed by atoms with Crippen LogP contribution < -0.4 is 20.9 Å². The lowest BCUT2D eigenvalue weighted by Crippen LogP contribution is -2.26. The maximum Gasteiger partial charge on any atom is 0.258 e. The summed E-state index contributed by atoms with van der Waals surface area (Å²) in [5.74, 6) is -0.435. The van der Waals surface area contributed by atoms with E-state index in [1.807, 2.05) is 30.3 Å². The van der Waals surface area contributed by atoms with Crippen molar-refractivity contribution in [2.45, 2.75) is 13.3 Å². The number of benzene rings is 3. The molecule has 0 radical (unpaired) electrons. The standard InChI is InChI=1S/C25H26N4O3/c1-3-23(30)27-20-8-7-9-21(16-20)28-24(31)17-26-19-14-12-18(13-15-19)25(32)29(2)22-10-5-4-6-11-22/h4-16,26H,3,17H2,1-2H3,(H,27,30)(H,28,31). The SMILES string of the molecule is CCC(=O)Nc1cccc(NC(=O)CNc2ccc(C(=O)N(C)c3ccccc3)cc2)c1. The fraction of sp³-hybridized carbons (Fsp3) is 0.160. The molecule has 3 amide bonds. The number of hydrogen-bond acceptors (Lipinski definition) is 4. The molecule has 3 aromatic carbocycles. The van der Waals surface area contributed by atoms with Crippen molar-refractivity contribution in [1.82, 2.24) is 0 Å². The van der Waals surface area contributed by atoms with Gasteiger partial charge in [0, 0.05) is 41.8 Å². The Morgan fingerprint density at radius 3 is 2.00 bits per heavy atom. The van der Waals surface area contributed by atoms with Crippen LogP contribution in [0, 0.1) is 0 Å². The number of carbonyl (C=O) groups excluding carboxylic acids is 3. The van der Waals surface area contributed by atoms with E-state index in [4.69, 9.17) is 0 Å². The molecular weight excluding hydrogens is 404 g/mol. The smallest absolute Gasteiger partial charge is 0.258 e. The Labute approximate surface area is 187 Å². The molecule has 3 rings (SSSR count). The third-order valence-corrected chi connectivity index (χ3v) is 4.78. The van der Waals surface area contributed by atoms with Crippen molar-refractivity contribution in [3.05, 3.63) is 84.4 Å². The number of hydrogen-bond donors (Lipinski definition) is 3. The van der Waals surface area contributed by atoms with Gasteiger partial charge in [-0.1, -0.05) is 31.2 Å². The average molecular weight is 431 g/mol. The van der Waals surface area contributed by atoms with E-state index < -0.39 is 0 Å². The second-order valence-corrected chi connectivity index (χ2v) is 7.16. The van der Waals surface area contributed by atoms with Gasteiger partial charge in [-0.15, -0.1) is 0 Å². The molecule has 7 heteroatoms. The van der Waals surface area contributed by atoms with Crippen LogP contribution in [0.5, 0.6) is 0 Å². The van der Waals surface area contributed by atoms with Gasteiger partial charge in [0.15, 0.2) is 0 Å². The van der Waals surface area contributed by atoms with Crippen molar-refractivity contribution in [1.29, 1.82) is 0 Å². The predicted molar refractivity (Wildman–Crippen MR) is 128 cm³/mol. The summed E-state index contributed by atoms with van der Waals surface area (Å²) in [6.07, 6.45) is 0.382. The highest BCUT2D eigenvalue weighted by molar-refractivity contribution is 6.06. The monoisotopic (exact) mass is 430 g/mol. The summed E-state index contributed by atoms with van der Waals surface area (Å²) in [4.78, 5) is 38.0. The van der Waals surface area contributed by atoms with Crippen LogP contribution in [0.4, 0.5) is 22.7 Å². The minimum absolute atomic E-state index is 0.0583. The fourth-order valence-corrected chi connectivity index (χ4v) is 3.00. The van der Waals surface area contributed by atoms with Gasteiger partial charge in [0.1, 0.15) is 0 Å². The molecule has 3 aromatic rings. The van der Waals surface area contributed by atoms with E-state index in [0.29, 0.717) is 23.4 Å². The zero-order valence-corrected chi connectivity index (χ0v) is 18.1. The van der Waals surface area contributed by atoms with Gasteiger partial charge in [-0.2, -0.15) is 0 Å². The molecule has 164 valence electrons. The zero-order chi connectivity index (χ0) is 22.9. The average Bonchev–Trinajstić information content (AvgIpc) is 2.83. The van der Waals surface area contributed by atoms with E-state index in [1.165, 1.54) is 0 Å². The Hall–Kier alpha value is -4.13. The van der Waals surface area contributed by atoms with Crippen LogP contribution in [0.1, 0.15) is 23.7 Å². The lowest BCUT2D eigenvalue weighted by molar-refractivity contribution is -0.116. The number of anilines is 4. The van der Waals surface area contributed by atoms with E-state index in [-0.39, 0.29) is 24.3 Å². The molecule has 0 saturated carbocycles. The van der Waals surface area contributed by atoms with Gasteiger partial charge in [-0.05, 0) is 54.6 Å². The first kappa shape index (κ1) is 22.6. The summed E-state index contributed by atoms with van der Waals surface area (Å²) < 4.78 is 0. The Morgan fingerprint density at radius 2 is 1.38 bits per heavy atom. The van der Waals surface area contributed by atoms with Gasteiger partial charge in [-0.3, -0.25) is 14.4 Å². The Morgan fingerprint density at radius 1 is 0.750 bits per heavy atom. The third-order valence-electron chi connectivity index (χ3n) is 4.78. The predicted octanol–water partition coefficient (Wildman–Crippen LogP) is 4.36. The van der Waals surface area contributed by atoms with Crippen molar-refractivity contribution in [3.63, 3.8) is 0 Å². The van der Waals surface area contributed by atoms with Crippen molar-refractivity contribution in [2.24, 2.45) is 0 Å². The van der Waals surface area contributed by atoms with Gasteiger partial charge < -0.3 is 20.9 Å². The maximum atomic E-state index is 12.7.